The number of hydrogen-bond donors (Lipinski definition) is 2. The highest BCUT2D eigenvalue weighted by Crippen LogP contribution is 2.34. The third-order valence-electron chi connectivity index (χ3n) is 3.75. The van der Waals surface area contributed by atoms with E-state index in [1.807, 2.05) is 0 Å². The van der Waals surface area contributed by atoms with Crippen LogP contribution >= 0.6 is 15.9 Å². The third kappa shape index (κ3) is 2.53. The molecule has 0 spiro atoms. The van der Waals surface area contributed by atoms with Crippen molar-refractivity contribution in [2.24, 2.45) is 5.73 Å². The third-order valence-corrected chi connectivity index (χ3v) is 4.53. The van der Waals surface area contributed by atoms with Crippen molar-refractivity contribution in [2.75, 3.05) is 11.9 Å². The first-order valence-corrected chi connectivity index (χ1v) is 7.37. The van der Waals surface area contributed by atoms with Gasteiger partial charge in [-0.15, -0.1) is 0 Å². The van der Waals surface area contributed by atoms with Crippen LogP contribution in [0.25, 0.3) is 0 Å². The van der Waals surface area contributed by atoms with Crippen LogP contribution in [0.4, 0.5) is 5.69 Å². The second kappa shape index (κ2) is 5.35. The highest BCUT2D eigenvalue weighted by atomic mass is 79.9. The monoisotopic (exact) mass is 316 g/mol. The van der Waals surface area contributed by atoms with E-state index in [0.717, 1.165) is 13.0 Å². The Morgan fingerprint density at radius 2 is 2.05 bits per heavy atom. The predicted molar refractivity (Wildman–Crippen MR) is 83.4 cm³/mol. The topological polar surface area (TPSA) is 38.0 Å². The average molecular weight is 317 g/mol. The standard InChI is InChI=1S/C16H17BrN2/c17-15-6-5-11(9-18)7-12(15)8-13-10-19-16-4-2-1-3-14(13)16/h1-7,13,19H,8-10,18H2. The lowest BCUT2D eigenvalue weighted by Crippen LogP contribution is -2.07. The molecule has 98 valence electrons. The average Bonchev–Trinajstić information content (AvgIpc) is 2.85. The van der Waals surface area contributed by atoms with Gasteiger partial charge in [-0.3, -0.25) is 0 Å². The van der Waals surface area contributed by atoms with Gasteiger partial charge in [0.15, 0.2) is 0 Å². The summed E-state index contributed by atoms with van der Waals surface area (Å²) in [5, 5.41) is 3.48. The molecule has 0 amide bonds. The Hall–Kier alpha value is -1.32. The fourth-order valence-corrected chi connectivity index (χ4v) is 3.12. The van der Waals surface area contributed by atoms with Crippen molar-refractivity contribution in [3.8, 4) is 0 Å². The van der Waals surface area contributed by atoms with Gasteiger partial charge >= 0.3 is 0 Å². The van der Waals surface area contributed by atoms with Crippen molar-refractivity contribution in [1.82, 2.24) is 0 Å². The molecule has 1 heterocycles. The zero-order valence-electron chi connectivity index (χ0n) is 10.7. The molecule has 1 aliphatic heterocycles. The van der Waals surface area contributed by atoms with E-state index in [0.29, 0.717) is 12.5 Å². The van der Waals surface area contributed by atoms with Gasteiger partial charge in [0.2, 0.25) is 0 Å². The van der Waals surface area contributed by atoms with Crippen molar-refractivity contribution in [2.45, 2.75) is 18.9 Å². The summed E-state index contributed by atoms with van der Waals surface area (Å²) in [6.45, 7) is 1.61. The van der Waals surface area contributed by atoms with E-state index in [-0.39, 0.29) is 0 Å². The lowest BCUT2D eigenvalue weighted by atomic mass is 9.93. The maximum absolute atomic E-state index is 5.73. The summed E-state index contributed by atoms with van der Waals surface area (Å²) in [6.07, 6.45) is 1.04. The summed E-state index contributed by atoms with van der Waals surface area (Å²) in [5.74, 6) is 0.542. The zero-order chi connectivity index (χ0) is 13.2. The van der Waals surface area contributed by atoms with Crippen LogP contribution in [0, 0.1) is 0 Å². The van der Waals surface area contributed by atoms with E-state index in [1.165, 1.54) is 26.9 Å². The maximum atomic E-state index is 5.73. The molecule has 3 heteroatoms. The van der Waals surface area contributed by atoms with Crippen LogP contribution in [0.15, 0.2) is 46.9 Å². The molecular formula is C16H17BrN2. The van der Waals surface area contributed by atoms with E-state index in [9.17, 15) is 0 Å². The van der Waals surface area contributed by atoms with Crippen molar-refractivity contribution < 1.29 is 0 Å². The highest BCUT2D eigenvalue weighted by Gasteiger charge is 2.22. The second-order valence-corrected chi connectivity index (χ2v) is 5.85. The Kier molecular flexibility index (Phi) is 3.58. The molecule has 19 heavy (non-hydrogen) atoms. The molecule has 2 aromatic carbocycles. The van der Waals surface area contributed by atoms with Gasteiger partial charge < -0.3 is 11.1 Å². The predicted octanol–water partition coefficient (Wildman–Crippen LogP) is 3.66. The number of nitrogens with one attached hydrogen (secondary N) is 1. The smallest absolute Gasteiger partial charge is 0.0376 e. The molecule has 3 rings (SSSR count). The molecule has 0 saturated heterocycles. The summed E-state index contributed by atoms with van der Waals surface area (Å²) in [6, 6.07) is 15.0. The second-order valence-electron chi connectivity index (χ2n) is 5.00. The first kappa shape index (κ1) is 12.7. The molecule has 2 aromatic rings. The number of hydrogen-bond acceptors (Lipinski definition) is 2. The molecule has 1 unspecified atom stereocenters. The van der Waals surface area contributed by atoms with Crippen LogP contribution in [-0.2, 0) is 13.0 Å². The molecule has 2 nitrogen and oxygen atoms in total. The first-order chi connectivity index (χ1) is 9.28. The van der Waals surface area contributed by atoms with Gasteiger partial charge in [0, 0.05) is 29.2 Å². The Labute approximate surface area is 122 Å². The maximum Gasteiger partial charge on any atom is 0.0376 e. The van der Waals surface area contributed by atoms with Crippen molar-refractivity contribution in [3.05, 3.63) is 63.6 Å². The van der Waals surface area contributed by atoms with Gasteiger partial charge in [-0.25, -0.2) is 0 Å². The van der Waals surface area contributed by atoms with Gasteiger partial charge in [-0.1, -0.05) is 46.3 Å². The molecule has 0 aliphatic carbocycles. The number of benzene rings is 2. The molecule has 3 N–H and O–H groups in total. The van der Waals surface area contributed by atoms with Crippen molar-refractivity contribution in [3.63, 3.8) is 0 Å². The molecule has 0 aromatic heterocycles. The number of rotatable bonds is 3. The lowest BCUT2D eigenvalue weighted by molar-refractivity contribution is 0.748. The van der Waals surface area contributed by atoms with Crippen LogP contribution in [0.3, 0.4) is 0 Å². The lowest BCUT2D eigenvalue weighted by Gasteiger charge is -2.13. The van der Waals surface area contributed by atoms with Crippen LogP contribution in [-0.4, -0.2) is 6.54 Å². The van der Waals surface area contributed by atoms with E-state index >= 15 is 0 Å². The molecule has 0 radical (unpaired) electrons. The molecule has 0 fully saturated rings. The van der Waals surface area contributed by atoms with E-state index < -0.39 is 0 Å². The summed E-state index contributed by atoms with van der Waals surface area (Å²) < 4.78 is 1.18. The number of para-hydroxylation sites is 1. The molecular weight excluding hydrogens is 300 g/mol. The fourth-order valence-electron chi connectivity index (χ4n) is 2.72. The minimum atomic E-state index is 0.542. The first-order valence-electron chi connectivity index (χ1n) is 6.58. The van der Waals surface area contributed by atoms with Crippen LogP contribution < -0.4 is 11.1 Å². The van der Waals surface area contributed by atoms with Crippen LogP contribution in [0.1, 0.15) is 22.6 Å². The Morgan fingerprint density at radius 1 is 1.21 bits per heavy atom. The normalized spacial score (nSPS) is 17.1. The van der Waals surface area contributed by atoms with E-state index in [1.54, 1.807) is 0 Å². The number of halogens is 1. The van der Waals surface area contributed by atoms with Gasteiger partial charge in [0.25, 0.3) is 0 Å². The quantitative estimate of drug-likeness (QED) is 0.907. The largest absolute Gasteiger partial charge is 0.384 e. The Balaban J connectivity index is 1.87. The van der Waals surface area contributed by atoms with Crippen molar-refractivity contribution >= 4 is 21.6 Å². The highest BCUT2D eigenvalue weighted by molar-refractivity contribution is 9.10. The minimum Gasteiger partial charge on any atom is -0.384 e. The van der Waals surface area contributed by atoms with Gasteiger partial charge in [-0.2, -0.15) is 0 Å². The van der Waals surface area contributed by atoms with E-state index in [2.05, 4.69) is 63.7 Å². The Morgan fingerprint density at radius 3 is 2.89 bits per heavy atom. The fraction of sp³-hybridized carbons (Fsp3) is 0.250. The van der Waals surface area contributed by atoms with Crippen molar-refractivity contribution in [1.29, 1.82) is 0 Å². The van der Waals surface area contributed by atoms with Gasteiger partial charge in [0.05, 0.1) is 0 Å². The van der Waals surface area contributed by atoms with Crippen LogP contribution in [0.5, 0.6) is 0 Å². The Bertz CT molecular complexity index is 595. The number of anilines is 1. The van der Waals surface area contributed by atoms with Crippen LogP contribution in [0.2, 0.25) is 0 Å². The zero-order valence-corrected chi connectivity index (χ0v) is 12.3. The molecule has 1 aliphatic rings. The molecule has 0 bridgehead atoms. The number of fused-ring (bicyclic) bond motifs is 1. The van der Waals surface area contributed by atoms with E-state index in [4.69, 9.17) is 5.73 Å². The SMILES string of the molecule is NCc1ccc(Br)c(CC2CNc3ccccc32)c1. The molecule has 1 atom stereocenters. The summed E-state index contributed by atoms with van der Waals surface area (Å²) in [4.78, 5) is 0. The molecule has 0 saturated carbocycles. The van der Waals surface area contributed by atoms with Gasteiger partial charge in [0.1, 0.15) is 0 Å². The minimum absolute atomic E-state index is 0.542. The number of nitrogens with two attached hydrogens (primary N) is 1. The van der Waals surface area contributed by atoms with Gasteiger partial charge in [-0.05, 0) is 35.2 Å². The summed E-state index contributed by atoms with van der Waals surface area (Å²) >= 11 is 3.65. The summed E-state index contributed by atoms with van der Waals surface area (Å²) in [7, 11) is 0. The summed E-state index contributed by atoms with van der Waals surface area (Å²) in [5.41, 5.74) is 11.0.